The molecule has 1 aromatic heterocycles. The van der Waals surface area contributed by atoms with Gasteiger partial charge in [-0.25, -0.2) is 9.37 Å². The molecule has 0 aliphatic heterocycles. The fraction of sp³-hybridized carbons (Fsp3) is 0.308. The highest BCUT2D eigenvalue weighted by atomic mass is 19.1. The first-order chi connectivity index (χ1) is 9.58. The first kappa shape index (κ1) is 14.0. The summed E-state index contributed by atoms with van der Waals surface area (Å²) in [5.41, 5.74) is 0.124. The normalized spacial score (nSPS) is 10.5. The van der Waals surface area contributed by atoms with E-state index in [4.69, 9.17) is 0 Å². The van der Waals surface area contributed by atoms with Crippen LogP contribution in [0.1, 0.15) is 6.42 Å². The monoisotopic (exact) mass is 278 g/mol. The first-order valence-electron chi connectivity index (χ1n) is 6.19. The Labute approximate surface area is 115 Å². The third kappa shape index (κ3) is 3.31. The average molecular weight is 278 g/mol. The Morgan fingerprint density at radius 2 is 2.30 bits per heavy atom. The fourth-order valence-electron chi connectivity index (χ4n) is 1.95. The summed E-state index contributed by atoms with van der Waals surface area (Å²) >= 11 is 0. The van der Waals surface area contributed by atoms with Crippen molar-refractivity contribution >= 4 is 11.4 Å². The van der Waals surface area contributed by atoms with Crippen LogP contribution in [0.15, 0.2) is 36.9 Å². The number of rotatable bonds is 6. The molecular formula is C13H15FN4O2. The van der Waals surface area contributed by atoms with E-state index in [-0.39, 0.29) is 5.69 Å². The minimum absolute atomic E-state index is 0.238. The number of hydrogen-bond donors (Lipinski definition) is 0. The van der Waals surface area contributed by atoms with Gasteiger partial charge in [-0.05, 0) is 12.5 Å². The Morgan fingerprint density at radius 3 is 2.90 bits per heavy atom. The van der Waals surface area contributed by atoms with E-state index in [1.54, 1.807) is 24.5 Å². The predicted octanol–water partition coefficient (Wildman–Crippen LogP) is 2.46. The summed E-state index contributed by atoms with van der Waals surface area (Å²) in [5, 5.41) is 10.6. The lowest BCUT2D eigenvalue weighted by Crippen LogP contribution is -2.20. The van der Waals surface area contributed by atoms with Gasteiger partial charge in [0.2, 0.25) is 0 Å². The molecule has 0 bridgehead atoms. The van der Waals surface area contributed by atoms with Crippen molar-refractivity contribution in [2.45, 2.75) is 13.0 Å². The largest absolute Gasteiger partial charge is 0.372 e. The smallest absolute Gasteiger partial charge is 0.272 e. The van der Waals surface area contributed by atoms with Crippen molar-refractivity contribution < 1.29 is 9.31 Å². The molecule has 0 fully saturated rings. The van der Waals surface area contributed by atoms with Crippen LogP contribution in [0.4, 0.5) is 15.8 Å². The van der Waals surface area contributed by atoms with E-state index >= 15 is 0 Å². The topological polar surface area (TPSA) is 64.2 Å². The summed E-state index contributed by atoms with van der Waals surface area (Å²) in [4.78, 5) is 15.6. The number of anilines is 1. The molecule has 0 aliphatic carbocycles. The predicted molar refractivity (Wildman–Crippen MR) is 73.2 cm³/mol. The van der Waals surface area contributed by atoms with E-state index in [1.807, 2.05) is 10.8 Å². The zero-order valence-corrected chi connectivity index (χ0v) is 11.1. The second-order valence-electron chi connectivity index (χ2n) is 4.47. The van der Waals surface area contributed by atoms with Crippen LogP contribution in [-0.4, -0.2) is 28.1 Å². The molecule has 0 aliphatic rings. The van der Waals surface area contributed by atoms with Gasteiger partial charge in [-0.15, -0.1) is 0 Å². The van der Waals surface area contributed by atoms with Gasteiger partial charge in [0.25, 0.3) is 5.69 Å². The number of nitro groups is 1. The Hall–Kier alpha value is -2.44. The zero-order valence-electron chi connectivity index (χ0n) is 11.1. The molecule has 0 N–H and O–H groups in total. The van der Waals surface area contributed by atoms with E-state index < -0.39 is 10.7 Å². The van der Waals surface area contributed by atoms with E-state index in [1.165, 1.54) is 12.1 Å². The highest BCUT2D eigenvalue weighted by Gasteiger charge is 2.13. The van der Waals surface area contributed by atoms with Crippen molar-refractivity contribution in [3.63, 3.8) is 0 Å². The van der Waals surface area contributed by atoms with Crippen molar-refractivity contribution in [2.75, 3.05) is 18.5 Å². The quantitative estimate of drug-likeness (QED) is 0.601. The summed E-state index contributed by atoms with van der Waals surface area (Å²) in [5.74, 6) is -0.579. The van der Waals surface area contributed by atoms with Gasteiger partial charge in [0.05, 0.1) is 23.0 Å². The second kappa shape index (κ2) is 6.14. The molecule has 1 aromatic carbocycles. The Bertz CT molecular complexity index is 586. The molecule has 0 atom stereocenters. The zero-order chi connectivity index (χ0) is 14.5. The molecule has 2 rings (SSSR count). The minimum atomic E-state index is -0.605. The lowest BCUT2D eigenvalue weighted by Gasteiger charge is -2.19. The number of aromatic nitrogens is 2. The number of halogens is 1. The molecule has 0 saturated carbocycles. The Balaban J connectivity index is 1.95. The van der Waals surface area contributed by atoms with Crippen molar-refractivity contribution in [3.8, 4) is 0 Å². The van der Waals surface area contributed by atoms with Gasteiger partial charge in [-0.2, -0.15) is 0 Å². The average Bonchev–Trinajstić information content (AvgIpc) is 2.91. The van der Waals surface area contributed by atoms with Crippen LogP contribution in [0.25, 0.3) is 0 Å². The molecule has 7 heteroatoms. The van der Waals surface area contributed by atoms with E-state index in [2.05, 4.69) is 4.98 Å². The number of nitrogens with zero attached hydrogens (tertiary/aromatic N) is 4. The lowest BCUT2D eigenvalue weighted by atomic mass is 10.2. The summed E-state index contributed by atoms with van der Waals surface area (Å²) in [6, 6.07) is 3.69. The number of imidazole rings is 1. The van der Waals surface area contributed by atoms with Crippen LogP contribution < -0.4 is 4.90 Å². The summed E-state index contributed by atoms with van der Waals surface area (Å²) in [7, 11) is 1.76. The van der Waals surface area contributed by atoms with Crippen LogP contribution in [0.3, 0.4) is 0 Å². The molecule has 0 spiro atoms. The third-order valence-corrected chi connectivity index (χ3v) is 3.02. The lowest BCUT2D eigenvalue weighted by molar-refractivity contribution is -0.385. The number of aryl methyl sites for hydroxylation is 1. The van der Waals surface area contributed by atoms with Gasteiger partial charge >= 0.3 is 0 Å². The highest BCUT2D eigenvalue weighted by Crippen LogP contribution is 2.23. The fourth-order valence-corrected chi connectivity index (χ4v) is 1.95. The maximum atomic E-state index is 13.8. The van der Waals surface area contributed by atoms with Crippen LogP contribution >= 0.6 is 0 Å². The Morgan fingerprint density at radius 1 is 1.50 bits per heavy atom. The molecule has 2 aromatic rings. The SMILES string of the molecule is CN(CCCn1ccnc1)c1ccc([N+](=O)[O-])cc1F. The first-order valence-corrected chi connectivity index (χ1v) is 6.19. The van der Waals surface area contributed by atoms with Gasteiger partial charge < -0.3 is 9.47 Å². The Kier molecular flexibility index (Phi) is 4.29. The van der Waals surface area contributed by atoms with Crippen LogP contribution in [0.2, 0.25) is 0 Å². The molecule has 6 nitrogen and oxygen atoms in total. The number of non-ortho nitro benzene ring substituents is 1. The van der Waals surface area contributed by atoms with Crippen molar-refractivity contribution in [3.05, 3.63) is 52.9 Å². The van der Waals surface area contributed by atoms with Crippen molar-refractivity contribution in [1.29, 1.82) is 0 Å². The van der Waals surface area contributed by atoms with Crippen molar-refractivity contribution in [2.24, 2.45) is 0 Å². The number of benzene rings is 1. The van der Waals surface area contributed by atoms with Crippen LogP contribution in [0.5, 0.6) is 0 Å². The van der Waals surface area contributed by atoms with Crippen molar-refractivity contribution in [1.82, 2.24) is 9.55 Å². The van der Waals surface area contributed by atoms with Gasteiger partial charge in [-0.1, -0.05) is 0 Å². The van der Waals surface area contributed by atoms with E-state index in [9.17, 15) is 14.5 Å². The summed E-state index contributed by atoms with van der Waals surface area (Å²) in [6.07, 6.45) is 6.13. The molecule has 0 amide bonds. The minimum Gasteiger partial charge on any atom is -0.372 e. The summed E-state index contributed by atoms with van der Waals surface area (Å²) < 4.78 is 15.7. The van der Waals surface area contributed by atoms with Crippen LogP contribution in [-0.2, 0) is 6.54 Å². The maximum absolute atomic E-state index is 13.8. The second-order valence-corrected chi connectivity index (χ2v) is 4.47. The van der Waals surface area contributed by atoms with Gasteiger partial charge in [0.15, 0.2) is 5.82 Å². The van der Waals surface area contributed by atoms with Gasteiger partial charge in [-0.3, -0.25) is 10.1 Å². The molecular weight excluding hydrogens is 263 g/mol. The number of nitro benzene ring substituents is 1. The van der Waals surface area contributed by atoms with E-state index in [0.29, 0.717) is 12.2 Å². The standard InChI is InChI=1S/C13H15FN4O2/c1-16(6-2-7-17-8-5-15-10-17)13-4-3-11(18(19)20)9-12(13)14/h3-5,8-10H,2,6-7H2,1H3. The molecule has 0 saturated heterocycles. The summed E-state index contributed by atoms with van der Waals surface area (Å²) in [6.45, 7) is 1.44. The number of hydrogen-bond acceptors (Lipinski definition) is 4. The van der Waals surface area contributed by atoms with Gasteiger partial charge in [0, 0.05) is 38.6 Å². The molecule has 1 heterocycles. The molecule has 106 valence electrons. The molecule has 0 unspecified atom stereocenters. The third-order valence-electron chi connectivity index (χ3n) is 3.02. The van der Waals surface area contributed by atoms with Gasteiger partial charge in [0.1, 0.15) is 0 Å². The molecule has 20 heavy (non-hydrogen) atoms. The highest BCUT2D eigenvalue weighted by molar-refractivity contribution is 5.51. The maximum Gasteiger partial charge on any atom is 0.272 e. The van der Waals surface area contributed by atoms with E-state index in [0.717, 1.165) is 19.0 Å². The molecule has 0 radical (unpaired) electrons. The van der Waals surface area contributed by atoms with Crippen LogP contribution in [0, 0.1) is 15.9 Å².